The van der Waals surface area contributed by atoms with Crippen LogP contribution in [0.4, 0.5) is 0 Å². The maximum absolute atomic E-state index is 5.58. The third kappa shape index (κ3) is 8.75. The summed E-state index contributed by atoms with van der Waals surface area (Å²) in [5, 5.41) is 0. The number of alkyl halides is 1. The first-order valence-corrected chi connectivity index (χ1v) is 7.26. The van der Waals surface area contributed by atoms with Crippen molar-refractivity contribution in [3.8, 4) is 0 Å². The van der Waals surface area contributed by atoms with Crippen LogP contribution in [0.5, 0.6) is 0 Å². The van der Waals surface area contributed by atoms with Gasteiger partial charge in [-0.2, -0.15) is 0 Å². The van der Waals surface area contributed by atoms with E-state index in [2.05, 4.69) is 0 Å². The van der Waals surface area contributed by atoms with Gasteiger partial charge < -0.3 is 8.85 Å². The minimum Gasteiger partial charge on any atom is -0.400 e. The lowest BCUT2D eigenvalue weighted by Gasteiger charge is -2.09. The molecule has 0 heterocycles. The van der Waals surface area contributed by atoms with Crippen molar-refractivity contribution in [2.45, 2.75) is 38.1 Å². The molecule has 0 spiro atoms. The van der Waals surface area contributed by atoms with Crippen LogP contribution < -0.4 is 0 Å². The van der Waals surface area contributed by atoms with Crippen LogP contribution in [0.1, 0.15) is 32.1 Å². The van der Waals surface area contributed by atoms with Gasteiger partial charge in [-0.3, -0.25) is 0 Å². The fourth-order valence-electron chi connectivity index (χ4n) is 1.27. The molecule has 0 aromatic rings. The summed E-state index contributed by atoms with van der Waals surface area (Å²) in [6.45, 7) is 0. The zero-order valence-electron chi connectivity index (χ0n) is 8.72. The molecule has 0 rings (SSSR count). The Labute approximate surface area is 88.4 Å². The molecule has 0 N–H and O–H groups in total. The lowest BCUT2D eigenvalue weighted by Crippen LogP contribution is -2.18. The molecule has 0 saturated heterocycles. The number of halogens is 1. The topological polar surface area (TPSA) is 18.5 Å². The molecule has 0 atom stereocenters. The standard InChI is InChI=1S/C9H21ClO2Si/c1-11-13(12-2)9-7-5-3-4-6-8-10/h13H,3-9H2,1-2H3. The normalized spacial score (nSPS) is 11.1. The Morgan fingerprint density at radius 2 is 1.46 bits per heavy atom. The molecule has 0 aliphatic rings. The van der Waals surface area contributed by atoms with Crippen LogP contribution >= 0.6 is 11.6 Å². The second kappa shape index (κ2) is 10.5. The molecule has 2 nitrogen and oxygen atoms in total. The monoisotopic (exact) mass is 224 g/mol. The van der Waals surface area contributed by atoms with Crippen molar-refractivity contribution in [2.75, 3.05) is 20.1 Å². The summed E-state index contributed by atoms with van der Waals surface area (Å²) in [6.07, 6.45) is 6.22. The van der Waals surface area contributed by atoms with Gasteiger partial charge in [0, 0.05) is 20.1 Å². The molecule has 0 unspecified atom stereocenters. The summed E-state index contributed by atoms with van der Waals surface area (Å²) in [5.74, 6) is 0.799. The molecule has 0 aromatic carbocycles. The molecule has 0 radical (unpaired) electrons. The van der Waals surface area contributed by atoms with Gasteiger partial charge in [0.2, 0.25) is 0 Å². The molecule has 0 aliphatic carbocycles. The zero-order chi connectivity index (χ0) is 9.94. The van der Waals surface area contributed by atoms with Gasteiger partial charge in [-0.05, 0) is 12.5 Å². The highest BCUT2D eigenvalue weighted by atomic mass is 35.5. The van der Waals surface area contributed by atoms with Crippen LogP contribution in [0, 0.1) is 0 Å². The Kier molecular flexibility index (Phi) is 10.9. The van der Waals surface area contributed by atoms with Crippen LogP contribution in [0.15, 0.2) is 0 Å². The molecule has 13 heavy (non-hydrogen) atoms. The first-order valence-electron chi connectivity index (χ1n) is 4.96. The molecule has 0 aromatic heterocycles. The molecule has 0 saturated carbocycles. The summed E-state index contributed by atoms with van der Waals surface area (Å²) < 4.78 is 10.4. The summed E-state index contributed by atoms with van der Waals surface area (Å²) >= 11 is 5.58. The second-order valence-electron chi connectivity index (χ2n) is 3.15. The Morgan fingerprint density at radius 3 is 2.00 bits per heavy atom. The molecule has 0 fully saturated rings. The highest BCUT2D eigenvalue weighted by Gasteiger charge is 2.07. The van der Waals surface area contributed by atoms with Crippen molar-refractivity contribution in [3.63, 3.8) is 0 Å². The van der Waals surface area contributed by atoms with E-state index in [1.165, 1.54) is 25.7 Å². The smallest absolute Gasteiger partial charge is 0.320 e. The van der Waals surface area contributed by atoms with Crippen molar-refractivity contribution in [3.05, 3.63) is 0 Å². The average Bonchev–Trinajstić information content (AvgIpc) is 2.17. The number of hydrogen-bond donors (Lipinski definition) is 0. The summed E-state index contributed by atoms with van der Waals surface area (Å²) in [4.78, 5) is 0. The van der Waals surface area contributed by atoms with E-state index in [0.29, 0.717) is 0 Å². The summed E-state index contributed by atoms with van der Waals surface area (Å²) in [6, 6.07) is 1.13. The van der Waals surface area contributed by atoms with Crippen LogP contribution in [-0.2, 0) is 8.85 Å². The van der Waals surface area contributed by atoms with Crippen molar-refractivity contribution in [1.29, 1.82) is 0 Å². The van der Waals surface area contributed by atoms with E-state index < -0.39 is 9.28 Å². The van der Waals surface area contributed by atoms with E-state index in [0.717, 1.165) is 18.3 Å². The van der Waals surface area contributed by atoms with Crippen molar-refractivity contribution in [1.82, 2.24) is 0 Å². The van der Waals surface area contributed by atoms with Gasteiger partial charge in [-0.1, -0.05) is 25.7 Å². The van der Waals surface area contributed by atoms with E-state index >= 15 is 0 Å². The predicted molar refractivity (Wildman–Crippen MR) is 59.8 cm³/mol. The van der Waals surface area contributed by atoms with Gasteiger partial charge in [0.25, 0.3) is 0 Å². The first kappa shape index (κ1) is 13.4. The van der Waals surface area contributed by atoms with Crippen molar-refractivity contribution < 1.29 is 8.85 Å². The maximum atomic E-state index is 5.58. The van der Waals surface area contributed by atoms with Gasteiger partial charge in [0.05, 0.1) is 0 Å². The minimum atomic E-state index is -1.28. The summed E-state index contributed by atoms with van der Waals surface area (Å²) in [7, 11) is 2.21. The molecule has 0 amide bonds. The average molecular weight is 225 g/mol. The Bertz CT molecular complexity index is 99.6. The lowest BCUT2D eigenvalue weighted by atomic mass is 10.2. The molecule has 80 valence electrons. The van der Waals surface area contributed by atoms with Gasteiger partial charge in [-0.25, -0.2) is 0 Å². The van der Waals surface area contributed by atoms with Crippen molar-refractivity contribution in [2.24, 2.45) is 0 Å². The Hall–Kier alpha value is 0.427. The van der Waals surface area contributed by atoms with Crippen LogP contribution in [0.25, 0.3) is 0 Å². The molecule has 4 heteroatoms. The first-order chi connectivity index (χ1) is 6.35. The summed E-state index contributed by atoms with van der Waals surface area (Å²) in [5.41, 5.74) is 0. The van der Waals surface area contributed by atoms with E-state index in [1.54, 1.807) is 14.2 Å². The number of unbranched alkanes of at least 4 members (excludes halogenated alkanes) is 4. The van der Waals surface area contributed by atoms with E-state index in [4.69, 9.17) is 20.5 Å². The van der Waals surface area contributed by atoms with E-state index in [9.17, 15) is 0 Å². The molecular formula is C9H21ClO2Si. The largest absolute Gasteiger partial charge is 0.400 e. The van der Waals surface area contributed by atoms with Gasteiger partial charge in [0.15, 0.2) is 0 Å². The van der Waals surface area contributed by atoms with Crippen LogP contribution in [0.3, 0.4) is 0 Å². The van der Waals surface area contributed by atoms with Gasteiger partial charge in [0.1, 0.15) is 0 Å². The molecular weight excluding hydrogens is 204 g/mol. The fraction of sp³-hybridized carbons (Fsp3) is 1.00. The maximum Gasteiger partial charge on any atom is 0.320 e. The third-order valence-corrected chi connectivity index (χ3v) is 4.30. The molecule has 0 bridgehead atoms. The minimum absolute atomic E-state index is 0.799. The third-order valence-electron chi connectivity index (χ3n) is 2.10. The SMILES string of the molecule is CO[SiH](CCCCCCCCl)OC. The molecule has 0 aliphatic heterocycles. The predicted octanol–water partition coefficient (Wildman–Crippen LogP) is 2.69. The lowest BCUT2D eigenvalue weighted by molar-refractivity contribution is 0.276. The Morgan fingerprint density at radius 1 is 0.923 bits per heavy atom. The number of hydrogen-bond acceptors (Lipinski definition) is 2. The number of rotatable bonds is 9. The quantitative estimate of drug-likeness (QED) is 0.341. The second-order valence-corrected chi connectivity index (χ2v) is 5.90. The van der Waals surface area contributed by atoms with Crippen LogP contribution in [0.2, 0.25) is 6.04 Å². The Balaban J connectivity index is 3.05. The van der Waals surface area contributed by atoms with E-state index in [-0.39, 0.29) is 0 Å². The van der Waals surface area contributed by atoms with E-state index in [1.807, 2.05) is 0 Å². The van der Waals surface area contributed by atoms with Crippen LogP contribution in [-0.4, -0.2) is 29.4 Å². The van der Waals surface area contributed by atoms with Gasteiger partial charge >= 0.3 is 9.28 Å². The highest BCUT2D eigenvalue weighted by molar-refractivity contribution is 6.44. The highest BCUT2D eigenvalue weighted by Crippen LogP contribution is 2.08. The van der Waals surface area contributed by atoms with Crippen molar-refractivity contribution >= 4 is 20.9 Å². The fourth-order valence-corrected chi connectivity index (χ4v) is 2.74. The van der Waals surface area contributed by atoms with Gasteiger partial charge in [-0.15, -0.1) is 11.6 Å². The zero-order valence-corrected chi connectivity index (χ0v) is 10.6.